The summed E-state index contributed by atoms with van der Waals surface area (Å²) in [6, 6.07) is 35.7. The van der Waals surface area contributed by atoms with Crippen LogP contribution in [-0.2, 0) is 0 Å². The van der Waals surface area contributed by atoms with Gasteiger partial charge in [-0.3, -0.25) is 9.98 Å². The average molecular weight is 591 g/mol. The Bertz CT molecular complexity index is 1410. The predicted molar refractivity (Wildman–Crippen MR) is 191 cm³/mol. The second-order valence-electron chi connectivity index (χ2n) is 13.4. The molecule has 4 rings (SSSR count). The Kier molecular flexibility index (Phi) is 9.02. The van der Waals surface area contributed by atoms with Crippen LogP contribution in [0.15, 0.2) is 107 Å². The highest BCUT2D eigenvalue weighted by atomic mass is 28.4. The Morgan fingerprint density at radius 3 is 0.976 bits per heavy atom. The highest BCUT2D eigenvalue weighted by Crippen LogP contribution is 2.32. The molecule has 0 bridgehead atoms. The van der Waals surface area contributed by atoms with Crippen molar-refractivity contribution in [2.45, 2.75) is 67.0 Å². The molecule has 212 valence electrons. The maximum Gasteiger partial charge on any atom is 0.202 e. The third-order valence-electron chi connectivity index (χ3n) is 7.87. The quantitative estimate of drug-likeness (QED) is 0.145. The number of benzene rings is 4. The number of hydrogen-bond donors (Lipinski definition) is 0. The van der Waals surface area contributed by atoms with Gasteiger partial charge in [0.25, 0.3) is 0 Å². The van der Waals surface area contributed by atoms with E-state index in [9.17, 15) is 0 Å². The van der Waals surface area contributed by atoms with Crippen LogP contribution in [-0.4, -0.2) is 34.1 Å². The Balaban J connectivity index is 2.33. The minimum Gasteiger partial charge on any atom is -0.265 e. The number of rotatable bonds is 8. The van der Waals surface area contributed by atoms with Crippen LogP contribution >= 0.6 is 0 Å². The molecule has 0 saturated heterocycles. The van der Waals surface area contributed by atoms with Crippen molar-refractivity contribution in [2.75, 3.05) is 0 Å². The molecule has 4 aromatic rings. The van der Waals surface area contributed by atoms with E-state index in [2.05, 4.69) is 164 Å². The highest BCUT2D eigenvalue weighted by Gasteiger charge is 2.54. The van der Waals surface area contributed by atoms with E-state index in [1.807, 2.05) is 0 Å². The smallest absolute Gasteiger partial charge is 0.202 e. The zero-order valence-electron chi connectivity index (χ0n) is 26.6. The van der Waals surface area contributed by atoms with Crippen molar-refractivity contribution >= 4 is 55.9 Å². The lowest BCUT2D eigenvalue weighted by Gasteiger charge is -2.44. The standard InChI is InChI=1S/C36H46N2Si3/c1-27-19-17-20-28(2)33(27)37-35(39(5,6)7)41(31-23-13-11-14-24-31,32-25-15-12-16-26-32)36(40(8,9)10)38-34-29(3)21-18-22-30(34)4/h11-26H,1-10H3. The summed E-state index contributed by atoms with van der Waals surface area (Å²) in [5.74, 6) is 0. The first-order valence-corrected chi connectivity index (χ1v) is 23.7. The van der Waals surface area contributed by atoms with Gasteiger partial charge in [0.15, 0.2) is 0 Å². The molecular formula is C36H46N2Si3. The van der Waals surface area contributed by atoms with Gasteiger partial charge < -0.3 is 0 Å². The lowest BCUT2D eigenvalue weighted by atomic mass is 10.1. The van der Waals surface area contributed by atoms with Crippen molar-refractivity contribution in [2.24, 2.45) is 9.98 Å². The van der Waals surface area contributed by atoms with Gasteiger partial charge in [-0.25, -0.2) is 0 Å². The second kappa shape index (κ2) is 12.0. The largest absolute Gasteiger partial charge is 0.265 e. The first kappa shape index (κ1) is 30.8. The molecule has 41 heavy (non-hydrogen) atoms. The summed E-state index contributed by atoms with van der Waals surface area (Å²) in [4.78, 5) is 14.5. The fraction of sp³-hybridized carbons (Fsp3) is 0.278. The molecule has 0 aliphatic heterocycles. The molecular weight excluding hydrogens is 545 g/mol. The first-order chi connectivity index (χ1) is 19.3. The van der Waals surface area contributed by atoms with Crippen LogP contribution in [0.5, 0.6) is 0 Å². The molecule has 4 aromatic carbocycles. The lowest BCUT2D eigenvalue weighted by Crippen LogP contribution is -2.78. The van der Waals surface area contributed by atoms with E-state index < -0.39 is 24.2 Å². The molecule has 2 nitrogen and oxygen atoms in total. The third-order valence-corrected chi connectivity index (χ3v) is 21.7. The first-order valence-electron chi connectivity index (χ1n) is 14.7. The van der Waals surface area contributed by atoms with E-state index in [1.165, 1.54) is 42.5 Å². The molecule has 0 aliphatic rings. The minimum atomic E-state index is -2.91. The van der Waals surface area contributed by atoms with E-state index in [1.54, 1.807) is 0 Å². The number of para-hydroxylation sites is 2. The van der Waals surface area contributed by atoms with E-state index in [4.69, 9.17) is 9.98 Å². The van der Waals surface area contributed by atoms with E-state index >= 15 is 0 Å². The molecule has 0 aromatic heterocycles. The lowest BCUT2D eigenvalue weighted by molar-refractivity contribution is 1.33. The van der Waals surface area contributed by atoms with Gasteiger partial charge in [-0.1, -0.05) is 136 Å². The summed E-state index contributed by atoms with van der Waals surface area (Å²) >= 11 is 0. The van der Waals surface area contributed by atoms with Crippen LogP contribution in [0.2, 0.25) is 39.3 Å². The maximum atomic E-state index is 5.86. The summed E-state index contributed by atoms with van der Waals surface area (Å²) in [6.07, 6.45) is 0. The van der Waals surface area contributed by atoms with E-state index in [0.717, 1.165) is 11.4 Å². The summed E-state index contributed by atoms with van der Waals surface area (Å²) in [7, 11) is -7.01. The van der Waals surface area contributed by atoms with Crippen LogP contribution in [0, 0.1) is 27.7 Å². The van der Waals surface area contributed by atoms with Crippen LogP contribution in [0.25, 0.3) is 0 Å². The molecule has 0 saturated carbocycles. The number of hydrogen-bond acceptors (Lipinski definition) is 2. The molecule has 0 amide bonds. The fourth-order valence-electron chi connectivity index (χ4n) is 6.02. The molecule has 0 aliphatic carbocycles. The van der Waals surface area contributed by atoms with Crippen molar-refractivity contribution in [3.05, 3.63) is 119 Å². The Morgan fingerprint density at radius 1 is 0.415 bits per heavy atom. The van der Waals surface area contributed by atoms with Crippen LogP contribution in [0.4, 0.5) is 11.4 Å². The van der Waals surface area contributed by atoms with Crippen LogP contribution in [0.3, 0.4) is 0 Å². The molecule has 0 heterocycles. The summed E-state index contributed by atoms with van der Waals surface area (Å²) < 4.78 is 0. The van der Waals surface area contributed by atoms with E-state index in [-0.39, 0.29) is 0 Å². The average Bonchev–Trinajstić information content (AvgIpc) is 2.90. The topological polar surface area (TPSA) is 24.7 Å². The fourth-order valence-corrected chi connectivity index (χ4v) is 22.3. The van der Waals surface area contributed by atoms with Crippen molar-refractivity contribution in [1.82, 2.24) is 0 Å². The monoisotopic (exact) mass is 590 g/mol. The molecule has 0 atom stereocenters. The summed E-state index contributed by atoms with van der Waals surface area (Å²) in [5.41, 5.74) is 7.15. The van der Waals surface area contributed by atoms with Gasteiger partial charge in [0, 0.05) is 9.92 Å². The maximum absolute atomic E-state index is 5.86. The SMILES string of the molecule is Cc1cccc(C)c1N=C([Si](C)(C)C)[Si](C(=Nc1c(C)cccc1C)[Si](C)(C)C)(c1ccccc1)c1ccccc1. The zero-order chi connectivity index (χ0) is 30.0. The van der Waals surface area contributed by atoms with Crippen LogP contribution in [0.1, 0.15) is 22.3 Å². The highest BCUT2D eigenvalue weighted by molar-refractivity contribution is 7.59. The number of aryl methyl sites for hydroxylation is 4. The van der Waals surface area contributed by atoms with Gasteiger partial charge >= 0.3 is 0 Å². The van der Waals surface area contributed by atoms with Gasteiger partial charge in [0.2, 0.25) is 8.07 Å². The van der Waals surface area contributed by atoms with Gasteiger partial charge in [-0.15, -0.1) is 0 Å². The van der Waals surface area contributed by atoms with Gasteiger partial charge in [0.05, 0.1) is 27.5 Å². The second-order valence-corrected chi connectivity index (χ2v) is 27.9. The Hall–Kier alpha value is -3.13. The van der Waals surface area contributed by atoms with Gasteiger partial charge in [-0.2, -0.15) is 0 Å². The molecule has 0 N–H and O–H groups in total. The van der Waals surface area contributed by atoms with Crippen molar-refractivity contribution < 1.29 is 0 Å². The predicted octanol–water partition coefficient (Wildman–Crippen LogP) is 8.86. The van der Waals surface area contributed by atoms with Gasteiger partial charge in [0.1, 0.15) is 0 Å². The minimum absolute atomic E-state index is 1.12. The molecule has 0 spiro atoms. The van der Waals surface area contributed by atoms with Crippen molar-refractivity contribution in [3.8, 4) is 0 Å². The van der Waals surface area contributed by atoms with Crippen molar-refractivity contribution in [1.29, 1.82) is 0 Å². The number of nitrogens with zero attached hydrogens (tertiary/aromatic N) is 2. The Morgan fingerprint density at radius 2 is 0.707 bits per heavy atom. The molecule has 0 radical (unpaired) electrons. The molecule has 0 unspecified atom stereocenters. The van der Waals surface area contributed by atoms with E-state index in [0.29, 0.717) is 0 Å². The van der Waals surface area contributed by atoms with Crippen molar-refractivity contribution in [3.63, 3.8) is 0 Å². The van der Waals surface area contributed by atoms with Crippen LogP contribution < -0.4 is 10.4 Å². The zero-order valence-corrected chi connectivity index (χ0v) is 29.6. The summed E-state index contributed by atoms with van der Waals surface area (Å²) in [5, 5.41) is 2.76. The third kappa shape index (κ3) is 6.22. The molecule has 5 heteroatoms. The Labute approximate surface area is 251 Å². The molecule has 0 fully saturated rings. The number of aliphatic imine (C=N–C) groups is 2. The van der Waals surface area contributed by atoms with Gasteiger partial charge in [-0.05, 0) is 60.3 Å². The summed E-state index contributed by atoms with van der Waals surface area (Å²) in [6.45, 7) is 23.7. The normalized spacial score (nSPS) is 13.4.